The summed E-state index contributed by atoms with van der Waals surface area (Å²) >= 11 is 0. The third-order valence-corrected chi connectivity index (χ3v) is 2.87. The van der Waals surface area contributed by atoms with Crippen LogP contribution in [0.15, 0.2) is 0 Å². The van der Waals surface area contributed by atoms with E-state index in [4.69, 9.17) is 15.2 Å². The van der Waals surface area contributed by atoms with Crippen LogP contribution in [0.2, 0.25) is 0 Å². The topological polar surface area (TPSA) is 73.6 Å². The summed E-state index contributed by atoms with van der Waals surface area (Å²) in [6.45, 7) is 4.70. The normalized spacial score (nSPS) is 21.4. The summed E-state index contributed by atoms with van der Waals surface area (Å²) in [6, 6.07) is -0.386. The Kier molecular flexibility index (Phi) is 7.16. The fourth-order valence-corrected chi connectivity index (χ4v) is 1.69. The molecule has 0 saturated carbocycles. The predicted octanol–water partition coefficient (Wildman–Crippen LogP) is 0.426. The van der Waals surface area contributed by atoms with Gasteiger partial charge in [-0.3, -0.25) is 4.79 Å². The maximum absolute atomic E-state index is 11.3. The zero-order valence-electron chi connectivity index (χ0n) is 10.6. The van der Waals surface area contributed by atoms with Crippen molar-refractivity contribution in [3.63, 3.8) is 0 Å². The molecular weight excluding hydrogens is 220 g/mol. The van der Waals surface area contributed by atoms with Crippen LogP contribution >= 0.6 is 0 Å². The number of amides is 1. The van der Waals surface area contributed by atoms with Gasteiger partial charge in [-0.1, -0.05) is 6.92 Å². The highest BCUT2D eigenvalue weighted by molar-refractivity contribution is 5.81. The van der Waals surface area contributed by atoms with E-state index in [9.17, 15) is 4.79 Å². The van der Waals surface area contributed by atoms with Gasteiger partial charge in [0.2, 0.25) is 5.91 Å². The van der Waals surface area contributed by atoms with Crippen molar-refractivity contribution < 1.29 is 14.3 Å². The first-order valence-corrected chi connectivity index (χ1v) is 6.46. The fourth-order valence-electron chi connectivity index (χ4n) is 1.69. The average molecular weight is 244 g/mol. The van der Waals surface area contributed by atoms with Crippen molar-refractivity contribution in [2.45, 2.75) is 44.8 Å². The quantitative estimate of drug-likeness (QED) is 0.607. The molecule has 1 fully saturated rings. The van der Waals surface area contributed by atoms with Crippen molar-refractivity contribution in [3.05, 3.63) is 0 Å². The molecule has 5 heteroatoms. The van der Waals surface area contributed by atoms with E-state index in [0.29, 0.717) is 26.2 Å². The molecule has 1 aliphatic rings. The number of hydrogen-bond acceptors (Lipinski definition) is 4. The van der Waals surface area contributed by atoms with E-state index in [0.717, 1.165) is 25.9 Å². The van der Waals surface area contributed by atoms with Crippen molar-refractivity contribution in [1.82, 2.24) is 5.32 Å². The predicted molar refractivity (Wildman–Crippen MR) is 65.7 cm³/mol. The van der Waals surface area contributed by atoms with Gasteiger partial charge in [-0.05, 0) is 25.7 Å². The van der Waals surface area contributed by atoms with E-state index in [1.54, 1.807) is 0 Å². The fraction of sp³-hybridized carbons (Fsp3) is 0.917. The number of carbonyl (C=O) groups is 1. The molecular formula is C12H24N2O3. The van der Waals surface area contributed by atoms with E-state index in [-0.39, 0.29) is 18.1 Å². The van der Waals surface area contributed by atoms with E-state index >= 15 is 0 Å². The van der Waals surface area contributed by atoms with Crippen LogP contribution in [0.25, 0.3) is 0 Å². The Morgan fingerprint density at radius 1 is 1.65 bits per heavy atom. The van der Waals surface area contributed by atoms with Gasteiger partial charge in [0.15, 0.2) is 0 Å². The van der Waals surface area contributed by atoms with Crippen LogP contribution in [-0.2, 0) is 14.3 Å². The van der Waals surface area contributed by atoms with Crippen molar-refractivity contribution in [1.29, 1.82) is 0 Å². The zero-order valence-corrected chi connectivity index (χ0v) is 10.6. The molecule has 100 valence electrons. The van der Waals surface area contributed by atoms with Gasteiger partial charge in [0.25, 0.3) is 0 Å². The summed E-state index contributed by atoms with van der Waals surface area (Å²) in [4.78, 5) is 11.3. The third-order valence-electron chi connectivity index (χ3n) is 2.87. The molecule has 1 saturated heterocycles. The number of nitrogens with two attached hydrogens (primary N) is 1. The molecule has 1 unspecified atom stereocenters. The molecule has 0 aromatic heterocycles. The van der Waals surface area contributed by atoms with E-state index in [2.05, 4.69) is 5.32 Å². The summed E-state index contributed by atoms with van der Waals surface area (Å²) in [5.74, 6) is -0.0772. The zero-order chi connectivity index (χ0) is 12.5. The standard InChI is InChI=1S/C12H24N2O3/c1-2-11(13)12(15)14-6-4-7-16-9-10-5-3-8-17-10/h10-11H,2-9,13H2,1H3,(H,14,15)/t10?,11-/m1/s1. The Labute approximate surface area is 103 Å². The maximum atomic E-state index is 11.3. The monoisotopic (exact) mass is 244 g/mol. The van der Waals surface area contributed by atoms with Crippen LogP contribution in [0.5, 0.6) is 0 Å². The number of carbonyl (C=O) groups excluding carboxylic acids is 1. The third kappa shape index (κ3) is 6.00. The highest BCUT2D eigenvalue weighted by Crippen LogP contribution is 2.11. The maximum Gasteiger partial charge on any atom is 0.236 e. The summed E-state index contributed by atoms with van der Waals surface area (Å²) < 4.78 is 10.9. The second kappa shape index (κ2) is 8.44. The minimum atomic E-state index is -0.386. The van der Waals surface area contributed by atoms with Crippen LogP contribution in [0.4, 0.5) is 0 Å². The lowest BCUT2D eigenvalue weighted by atomic mass is 10.2. The van der Waals surface area contributed by atoms with Gasteiger partial charge >= 0.3 is 0 Å². The summed E-state index contributed by atoms with van der Waals surface area (Å²) in [5, 5.41) is 2.79. The minimum absolute atomic E-state index is 0.0772. The van der Waals surface area contributed by atoms with Crippen molar-refractivity contribution in [3.8, 4) is 0 Å². The second-order valence-electron chi connectivity index (χ2n) is 4.37. The Bertz CT molecular complexity index is 218. The number of ether oxygens (including phenoxy) is 2. The first kappa shape index (κ1) is 14.4. The van der Waals surface area contributed by atoms with Gasteiger partial charge in [-0.2, -0.15) is 0 Å². The molecule has 0 radical (unpaired) electrons. The number of nitrogens with one attached hydrogen (secondary N) is 1. The first-order chi connectivity index (χ1) is 8.24. The van der Waals surface area contributed by atoms with Crippen LogP contribution in [0, 0.1) is 0 Å². The lowest BCUT2D eigenvalue weighted by Crippen LogP contribution is -2.40. The summed E-state index contributed by atoms with van der Waals surface area (Å²) in [5.41, 5.74) is 5.58. The molecule has 0 spiro atoms. The Morgan fingerprint density at radius 2 is 2.47 bits per heavy atom. The molecule has 2 atom stereocenters. The van der Waals surface area contributed by atoms with Crippen LogP contribution < -0.4 is 11.1 Å². The average Bonchev–Trinajstić information content (AvgIpc) is 2.85. The molecule has 17 heavy (non-hydrogen) atoms. The molecule has 5 nitrogen and oxygen atoms in total. The molecule has 0 aromatic rings. The Hall–Kier alpha value is -0.650. The highest BCUT2D eigenvalue weighted by atomic mass is 16.5. The number of hydrogen-bond donors (Lipinski definition) is 2. The SMILES string of the molecule is CC[C@@H](N)C(=O)NCCCOCC1CCCO1. The van der Waals surface area contributed by atoms with Crippen LogP contribution in [-0.4, -0.2) is 44.4 Å². The van der Waals surface area contributed by atoms with Gasteiger partial charge in [-0.15, -0.1) is 0 Å². The molecule has 0 aromatic carbocycles. The lowest BCUT2D eigenvalue weighted by Gasteiger charge is -2.11. The molecule has 1 rings (SSSR count). The van der Waals surface area contributed by atoms with Gasteiger partial charge in [0.1, 0.15) is 0 Å². The molecule has 1 amide bonds. The van der Waals surface area contributed by atoms with E-state index < -0.39 is 0 Å². The first-order valence-electron chi connectivity index (χ1n) is 6.46. The largest absolute Gasteiger partial charge is 0.379 e. The van der Waals surface area contributed by atoms with E-state index in [1.807, 2.05) is 6.92 Å². The molecule has 0 aliphatic carbocycles. The van der Waals surface area contributed by atoms with Crippen molar-refractivity contribution in [2.75, 3.05) is 26.4 Å². The van der Waals surface area contributed by atoms with Crippen LogP contribution in [0.3, 0.4) is 0 Å². The summed E-state index contributed by atoms with van der Waals surface area (Å²) in [7, 11) is 0. The smallest absolute Gasteiger partial charge is 0.236 e. The lowest BCUT2D eigenvalue weighted by molar-refractivity contribution is -0.122. The Balaban J connectivity index is 1.88. The van der Waals surface area contributed by atoms with E-state index in [1.165, 1.54) is 0 Å². The van der Waals surface area contributed by atoms with Gasteiger partial charge in [-0.25, -0.2) is 0 Å². The van der Waals surface area contributed by atoms with Gasteiger partial charge in [0.05, 0.1) is 18.8 Å². The van der Waals surface area contributed by atoms with Crippen molar-refractivity contribution >= 4 is 5.91 Å². The minimum Gasteiger partial charge on any atom is -0.379 e. The van der Waals surface area contributed by atoms with Crippen LogP contribution in [0.1, 0.15) is 32.6 Å². The number of rotatable bonds is 8. The van der Waals surface area contributed by atoms with Gasteiger partial charge in [0, 0.05) is 19.8 Å². The molecule has 1 aliphatic heterocycles. The highest BCUT2D eigenvalue weighted by Gasteiger charge is 2.15. The Morgan fingerprint density at radius 3 is 3.12 bits per heavy atom. The molecule has 3 N–H and O–H groups in total. The summed E-state index contributed by atoms with van der Waals surface area (Å²) in [6.07, 6.45) is 4.00. The van der Waals surface area contributed by atoms with Crippen molar-refractivity contribution in [2.24, 2.45) is 5.73 Å². The molecule has 1 heterocycles. The molecule has 0 bridgehead atoms. The second-order valence-corrected chi connectivity index (χ2v) is 4.37. The van der Waals surface area contributed by atoms with Gasteiger partial charge < -0.3 is 20.5 Å².